The Hall–Kier alpha value is -0.370. The van der Waals surface area contributed by atoms with Gasteiger partial charge in [-0.05, 0) is 18.8 Å². The summed E-state index contributed by atoms with van der Waals surface area (Å²) in [5, 5.41) is 9.66. The number of ketones is 1. The Bertz CT molecular complexity index is 244. The van der Waals surface area contributed by atoms with Crippen molar-refractivity contribution in [1.82, 2.24) is 0 Å². The van der Waals surface area contributed by atoms with Gasteiger partial charge in [-0.3, -0.25) is 4.79 Å². The molecule has 2 nitrogen and oxygen atoms in total. The van der Waals surface area contributed by atoms with Crippen molar-refractivity contribution in [2.45, 2.75) is 39.7 Å². The molecule has 2 rings (SSSR count). The van der Waals surface area contributed by atoms with Gasteiger partial charge < -0.3 is 5.11 Å². The highest BCUT2D eigenvalue weighted by Crippen LogP contribution is 2.59. The molecular weight excluding hydrogens is 152 g/mol. The molecule has 68 valence electrons. The quantitative estimate of drug-likeness (QED) is 0.593. The van der Waals surface area contributed by atoms with Gasteiger partial charge in [-0.25, -0.2) is 0 Å². The summed E-state index contributed by atoms with van der Waals surface area (Å²) in [6, 6.07) is 0. The Morgan fingerprint density at radius 3 is 2.33 bits per heavy atom. The van der Waals surface area contributed by atoms with Crippen molar-refractivity contribution in [3.63, 3.8) is 0 Å². The second kappa shape index (κ2) is 1.92. The van der Waals surface area contributed by atoms with Gasteiger partial charge in [-0.15, -0.1) is 0 Å². The molecule has 0 aromatic heterocycles. The highest BCUT2D eigenvalue weighted by atomic mass is 16.3. The molecule has 0 heterocycles. The van der Waals surface area contributed by atoms with Crippen LogP contribution in [0.1, 0.15) is 33.6 Å². The minimum Gasteiger partial charge on any atom is -0.392 e. The summed E-state index contributed by atoms with van der Waals surface area (Å²) in [6.07, 6.45) is 1.32. The molecule has 2 saturated carbocycles. The predicted molar refractivity (Wildman–Crippen MR) is 45.6 cm³/mol. The molecule has 1 N–H and O–H groups in total. The summed E-state index contributed by atoms with van der Waals surface area (Å²) in [5.74, 6) is 0.670. The maximum absolute atomic E-state index is 11.9. The van der Waals surface area contributed by atoms with E-state index >= 15 is 0 Å². The lowest BCUT2D eigenvalue weighted by Crippen LogP contribution is -2.43. The average Bonchev–Trinajstić information content (AvgIpc) is 2.34. The highest BCUT2D eigenvalue weighted by molar-refractivity contribution is 5.93. The Balaban J connectivity index is 2.43. The molecule has 0 radical (unpaired) electrons. The van der Waals surface area contributed by atoms with Crippen LogP contribution in [0.4, 0.5) is 0 Å². The van der Waals surface area contributed by atoms with Gasteiger partial charge in [0.1, 0.15) is 5.78 Å². The second-order valence-electron chi connectivity index (χ2n) is 5.12. The van der Waals surface area contributed by atoms with E-state index in [1.165, 1.54) is 0 Å². The van der Waals surface area contributed by atoms with Crippen LogP contribution in [0.3, 0.4) is 0 Å². The molecular formula is C10H16O2. The summed E-state index contributed by atoms with van der Waals surface area (Å²) in [6.45, 7) is 5.93. The van der Waals surface area contributed by atoms with Gasteiger partial charge in [-0.2, -0.15) is 0 Å². The molecule has 2 fully saturated rings. The molecule has 2 heteroatoms. The Kier molecular flexibility index (Phi) is 1.32. The van der Waals surface area contributed by atoms with E-state index in [0.717, 1.165) is 12.8 Å². The Morgan fingerprint density at radius 1 is 1.42 bits per heavy atom. The molecule has 0 aromatic carbocycles. The van der Waals surface area contributed by atoms with Gasteiger partial charge in [0.25, 0.3) is 0 Å². The number of rotatable bonds is 0. The summed E-state index contributed by atoms with van der Waals surface area (Å²) in [7, 11) is 0. The topological polar surface area (TPSA) is 37.3 Å². The van der Waals surface area contributed by atoms with Crippen LogP contribution in [0.15, 0.2) is 0 Å². The fourth-order valence-corrected chi connectivity index (χ4v) is 2.98. The molecule has 3 atom stereocenters. The fraction of sp³-hybridized carbons (Fsp3) is 0.900. The molecule has 0 aromatic rings. The van der Waals surface area contributed by atoms with E-state index in [0.29, 0.717) is 5.92 Å². The Morgan fingerprint density at radius 2 is 2.00 bits per heavy atom. The van der Waals surface area contributed by atoms with Gasteiger partial charge in [0.05, 0.1) is 11.5 Å². The number of aliphatic hydroxyl groups is 1. The monoisotopic (exact) mass is 168 g/mol. The maximum atomic E-state index is 11.9. The maximum Gasteiger partial charge on any atom is 0.147 e. The summed E-state index contributed by atoms with van der Waals surface area (Å²) >= 11 is 0. The number of Topliss-reactive ketones (excluding diaryl/α,β-unsaturated/α-hetero) is 1. The van der Waals surface area contributed by atoms with E-state index in [9.17, 15) is 9.90 Å². The van der Waals surface area contributed by atoms with Crippen LogP contribution in [0, 0.1) is 16.7 Å². The zero-order valence-corrected chi connectivity index (χ0v) is 7.92. The number of hydrogen-bond donors (Lipinski definition) is 1. The van der Waals surface area contributed by atoms with Crippen LogP contribution < -0.4 is 0 Å². The first kappa shape index (κ1) is 8.24. The molecule has 0 saturated heterocycles. The van der Waals surface area contributed by atoms with E-state index in [4.69, 9.17) is 0 Å². The third-order valence-electron chi connectivity index (χ3n) is 4.04. The molecule has 0 aliphatic heterocycles. The van der Waals surface area contributed by atoms with Crippen molar-refractivity contribution in [2.75, 3.05) is 0 Å². The van der Waals surface area contributed by atoms with Crippen LogP contribution in [0.25, 0.3) is 0 Å². The number of fused-ring (bicyclic) bond motifs is 2. The van der Waals surface area contributed by atoms with E-state index in [2.05, 4.69) is 0 Å². The number of carbonyl (C=O) groups excluding carboxylic acids is 1. The molecule has 2 aliphatic carbocycles. The van der Waals surface area contributed by atoms with E-state index < -0.39 is 5.41 Å². The summed E-state index contributed by atoms with van der Waals surface area (Å²) in [4.78, 5) is 11.9. The van der Waals surface area contributed by atoms with Gasteiger partial charge in [-0.1, -0.05) is 20.8 Å². The smallest absolute Gasteiger partial charge is 0.147 e. The van der Waals surface area contributed by atoms with Crippen LogP contribution in [-0.4, -0.2) is 17.0 Å². The first-order chi connectivity index (χ1) is 5.39. The normalized spacial score (nSPS) is 50.2. The number of carbonyl (C=O) groups is 1. The minimum atomic E-state index is -0.422. The predicted octanol–water partition coefficient (Wildman–Crippen LogP) is 1.37. The van der Waals surface area contributed by atoms with Crippen molar-refractivity contribution in [3.8, 4) is 0 Å². The first-order valence-electron chi connectivity index (χ1n) is 4.62. The van der Waals surface area contributed by atoms with E-state index in [-0.39, 0.29) is 17.3 Å². The van der Waals surface area contributed by atoms with Gasteiger partial charge >= 0.3 is 0 Å². The fourth-order valence-electron chi connectivity index (χ4n) is 2.98. The van der Waals surface area contributed by atoms with Crippen LogP contribution in [-0.2, 0) is 4.79 Å². The number of aliphatic hydroxyl groups excluding tert-OH is 1. The largest absolute Gasteiger partial charge is 0.392 e. The highest BCUT2D eigenvalue weighted by Gasteiger charge is 2.63. The third-order valence-corrected chi connectivity index (χ3v) is 4.04. The van der Waals surface area contributed by atoms with Gasteiger partial charge in [0, 0.05) is 5.41 Å². The van der Waals surface area contributed by atoms with Crippen molar-refractivity contribution < 1.29 is 9.90 Å². The van der Waals surface area contributed by atoms with Gasteiger partial charge in [0.15, 0.2) is 0 Å². The van der Waals surface area contributed by atoms with Crippen LogP contribution in [0.5, 0.6) is 0 Å². The van der Waals surface area contributed by atoms with Crippen molar-refractivity contribution in [1.29, 1.82) is 0 Å². The molecule has 0 amide bonds. The molecule has 2 bridgehead atoms. The minimum absolute atomic E-state index is 0.187. The lowest BCUT2D eigenvalue weighted by molar-refractivity contribution is -0.141. The van der Waals surface area contributed by atoms with Crippen molar-refractivity contribution in [2.24, 2.45) is 16.7 Å². The van der Waals surface area contributed by atoms with Crippen LogP contribution >= 0.6 is 0 Å². The molecule has 12 heavy (non-hydrogen) atoms. The number of hydrogen-bond acceptors (Lipinski definition) is 2. The SMILES string of the molecule is CC1(C)C(=O)[C@]2(C)C[C@H]1C[C@@H]2O. The second-order valence-corrected chi connectivity index (χ2v) is 5.12. The molecule has 2 aliphatic rings. The summed E-state index contributed by atoms with van der Waals surface area (Å²) in [5.41, 5.74) is -0.609. The van der Waals surface area contributed by atoms with Crippen molar-refractivity contribution in [3.05, 3.63) is 0 Å². The molecule has 0 unspecified atom stereocenters. The van der Waals surface area contributed by atoms with Gasteiger partial charge in [0.2, 0.25) is 0 Å². The van der Waals surface area contributed by atoms with E-state index in [1.807, 2.05) is 20.8 Å². The zero-order chi connectivity index (χ0) is 9.15. The zero-order valence-electron chi connectivity index (χ0n) is 7.92. The Labute approximate surface area is 73.0 Å². The summed E-state index contributed by atoms with van der Waals surface area (Å²) < 4.78 is 0. The van der Waals surface area contributed by atoms with E-state index in [1.54, 1.807) is 0 Å². The lowest BCUT2D eigenvalue weighted by atomic mass is 9.70. The third kappa shape index (κ3) is 0.674. The van der Waals surface area contributed by atoms with Crippen LogP contribution in [0.2, 0.25) is 0 Å². The average molecular weight is 168 g/mol. The van der Waals surface area contributed by atoms with Crippen molar-refractivity contribution >= 4 is 5.78 Å². The lowest BCUT2D eigenvalue weighted by Gasteiger charge is -2.34. The molecule has 0 spiro atoms. The first-order valence-corrected chi connectivity index (χ1v) is 4.62. The standard InChI is InChI=1S/C10H16O2/c1-9(2)6-4-7(11)10(3,5-6)8(9)12/h6-7,11H,4-5H2,1-3H3/t6-,7+,10-/m1/s1.